The van der Waals surface area contributed by atoms with E-state index < -0.39 is 5.82 Å². The predicted octanol–water partition coefficient (Wildman–Crippen LogP) is 2.38. The zero-order valence-electron chi connectivity index (χ0n) is 9.71. The maximum absolute atomic E-state index is 12.9. The van der Waals surface area contributed by atoms with Gasteiger partial charge in [-0.25, -0.2) is 4.39 Å². The molecule has 0 radical (unpaired) electrons. The summed E-state index contributed by atoms with van der Waals surface area (Å²) in [6.45, 7) is 1.82. The fraction of sp³-hybridized carbons (Fsp3) is 0.417. The zero-order chi connectivity index (χ0) is 12.3. The van der Waals surface area contributed by atoms with Gasteiger partial charge in [0.15, 0.2) is 0 Å². The number of halogens is 3. The summed E-state index contributed by atoms with van der Waals surface area (Å²) in [5.74, 6) is -0.705. The largest absolute Gasteiger partial charge is 0.349 e. The van der Waals surface area contributed by atoms with Crippen LogP contribution in [0.1, 0.15) is 23.2 Å². The molecular weight excluding hydrogens is 278 g/mol. The first kappa shape index (κ1) is 15.2. The van der Waals surface area contributed by atoms with Gasteiger partial charge in [0.05, 0.1) is 5.02 Å². The minimum Gasteiger partial charge on any atom is -0.349 e. The molecule has 1 aromatic rings. The highest BCUT2D eigenvalue weighted by Crippen LogP contribution is 2.16. The van der Waals surface area contributed by atoms with Crippen LogP contribution in [0.3, 0.4) is 0 Å². The number of hydrogen-bond acceptors (Lipinski definition) is 2. The van der Waals surface area contributed by atoms with Crippen molar-refractivity contribution in [3.63, 3.8) is 0 Å². The van der Waals surface area contributed by atoms with Gasteiger partial charge in [-0.3, -0.25) is 4.79 Å². The summed E-state index contributed by atoms with van der Waals surface area (Å²) in [5, 5.41) is 6.12. The maximum Gasteiger partial charge on any atom is 0.251 e. The van der Waals surface area contributed by atoms with Gasteiger partial charge in [-0.05, 0) is 44.1 Å². The lowest BCUT2D eigenvalue weighted by Gasteiger charge is -2.23. The second-order valence-corrected chi connectivity index (χ2v) is 4.53. The van der Waals surface area contributed by atoms with Gasteiger partial charge >= 0.3 is 0 Å². The summed E-state index contributed by atoms with van der Waals surface area (Å²) < 4.78 is 12.9. The molecule has 3 nitrogen and oxygen atoms in total. The van der Waals surface area contributed by atoms with Crippen LogP contribution in [0.5, 0.6) is 0 Å². The van der Waals surface area contributed by atoms with E-state index in [1.54, 1.807) is 0 Å². The molecule has 1 aliphatic heterocycles. The van der Waals surface area contributed by atoms with E-state index in [9.17, 15) is 9.18 Å². The van der Waals surface area contributed by atoms with Crippen LogP contribution in [-0.4, -0.2) is 25.0 Å². The Hall–Kier alpha value is -0.840. The number of amides is 1. The van der Waals surface area contributed by atoms with Crippen LogP contribution >= 0.6 is 24.0 Å². The molecule has 1 aliphatic rings. The molecule has 0 saturated carbocycles. The van der Waals surface area contributed by atoms with Gasteiger partial charge < -0.3 is 10.6 Å². The monoisotopic (exact) mass is 292 g/mol. The summed E-state index contributed by atoms with van der Waals surface area (Å²) in [4.78, 5) is 11.9. The van der Waals surface area contributed by atoms with Crippen molar-refractivity contribution in [1.29, 1.82) is 0 Å². The molecule has 2 rings (SSSR count). The average Bonchev–Trinajstić information content (AvgIpc) is 2.34. The lowest BCUT2D eigenvalue weighted by molar-refractivity contribution is 0.0929. The van der Waals surface area contributed by atoms with Crippen molar-refractivity contribution < 1.29 is 9.18 Å². The summed E-state index contributed by atoms with van der Waals surface area (Å²) in [6.07, 6.45) is 1.83. The molecule has 6 heteroatoms. The molecular formula is C12H15Cl2FN2O. The van der Waals surface area contributed by atoms with E-state index in [0.29, 0.717) is 5.56 Å². The fourth-order valence-electron chi connectivity index (χ4n) is 1.87. The van der Waals surface area contributed by atoms with E-state index in [-0.39, 0.29) is 29.4 Å². The Kier molecular flexibility index (Phi) is 5.85. The molecule has 1 fully saturated rings. The quantitative estimate of drug-likeness (QED) is 0.879. The number of piperidine rings is 1. The smallest absolute Gasteiger partial charge is 0.251 e. The normalized spacial score (nSPS) is 15.9. The number of benzene rings is 1. The van der Waals surface area contributed by atoms with E-state index in [1.165, 1.54) is 18.2 Å². The van der Waals surface area contributed by atoms with E-state index >= 15 is 0 Å². The summed E-state index contributed by atoms with van der Waals surface area (Å²) in [7, 11) is 0. The Morgan fingerprint density at radius 3 is 2.67 bits per heavy atom. The third-order valence-corrected chi connectivity index (χ3v) is 3.15. The first-order chi connectivity index (χ1) is 8.16. The Morgan fingerprint density at radius 1 is 1.39 bits per heavy atom. The van der Waals surface area contributed by atoms with Gasteiger partial charge in [-0.15, -0.1) is 12.4 Å². The van der Waals surface area contributed by atoms with Crippen molar-refractivity contribution in [2.75, 3.05) is 13.1 Å². The molecule has 100 valence electrons. The first-order valence-corrected chi connectivity index (χ1v) is 6.01. The van der Waals surface area contributed by atoms with Crippen molar-refractivity contribution >= 4 is 29.9 Å². The molecule has 18 heavy (non-hydrogen) atoms. The minimum absolute atomic E-state index is 0. The number of nitrogens with one attached hydrogen (secondary N) is 2. The molecule has 0 atom stereocenters. The van der Waals surface area contributed by atoms with Crippen LogP contribution in [0.25, 0.3) is 0 Å². The zero-order valence-corrected chi connectivity index (χ0v) is 11.3. The van der Waals surface area contributed by atoms with Crippen LogP contribution in [0.15, 0.2) is 18.2 Å². The number of rotatable bonds is 2. The van der Waals surface area contributed by atoms with Gasteiger partial charge in [0, 0.05) is 11.6 Å². The number of carbonyl (C=O) groups excluding carboxylic acids is 1. The highest BCUT2D eigenvalue weighted by atomic mass is 35.5. The van der Waals surface area contributed by atoms with E-state index in [1.807, 2.05) is 0 Å². The highest BCUT2D eigenvalue weighted by Gasteiger charge is 2.16. The van der Waals surface area contributed by atoms with Crippen LogP contribution in [0.2, 0.25) is 5.02 Å². The summed E-state index contributed by atoms with van der Waals surface area (Å²) in [5.41, 5.74) is 0.398. The third-order valence-electron chi connectivity index (χ3n) is 2.86. The molecule has 0 aromatic heterocycles. The topological polar surface area (TPSA) is 41.1 Å². The number of carbonyl (C=O) groups is 1. The highest BCUT2D eigenvalue weighted by molar-refractivity contribution is 6.31. The van der Waals surface area contributed by atoms with E-state index in [0.717, 1.165) is 25.9 Å². The van der Waals surface area contributed by atoms with Gasteiger partial charge in [-0.2, -0.15) is 0 Å². The Morgan fingerprint density at radius 2 is 2.06 bits per heavy atom. The van der Waals surface area contributed by atoms with Crippen molar-refractivity contribution in [1.82, 2.24) is 10.6 Å². The molecule has 0 bridgehead atoms. The molecule has 0 unspecified atom stereocenters. The predicted molar refractivity (Wildman–Crippen MR) is 72.0 cm³/mol. The summed E-state index contributed by atoms with van der Waals surface area (Å²) in [6, 6.07) is 4.19. The van der Waals surface area contributed by atoms with Crippen molar-refractivity contribution in [2.24, 2.45) is 0 Å². The first-order valence-electron chi connectivity index (χ1n) is 5.63. The SMILES string of the molecule is Cl.O=C(NC1CCNCC1)c1ccc(F)c(Cl)c1. The van der Waals surface area contributed by atoms with Crippen molar-refractivity contribution in [2.45, 2.75) is 18.9 Å². The molecule has 0 aliphatic carbocycles. The molecule has 0 spiro atoms. The second-order valence-electron chi connectivity index (χ2n) is 4.13. The molecule has 1 amide bonds. The van der Waals surface area contributed by atoms with E-state index in [4.69, 9.17) is 11.6 Å². The maximum atomic E-state index is 12.9. The standard InChI is InChI=1S/C12H14ClFN2O.ClH/c13-10-7-8(1-2-11(10)14)12(17)16-9-3-5-15-6-4-9;/h1-2,7,9,15H,3-6H2,(H,16,17);1H. The fourth-order valence-corrected chi connectivity index (χ4v) is 2.05. The molecule has 1 saturated heterocycles. The Labute approximate surface area is 116 Å². The number of hydrogen-bond donors (Lipinski definition) is 2. The lowest BCUT2D eigenvalue weighted by atomic mass is 10.1. The van der Waals surface area contributed by atoms with Gasteiger partial charge in [0.25, 0.3) is 5.91 Å². The van der Waals surface area contributed by atoms with Crippen LogP contribution in [0, 0.1) is 5.82 Å². The molecule has 1 aromatic carbocycles. The second kappa shape index (κ2) is 6.92. The lowest BCUT2D eigenvalue weighted by Crippen LogP contribution is -2.42. The van der Waals surface area contributed by atoms with Gasteiger partial charge in [0.2, 0.25) is 0 Å². The Bertz CT molecular complexity index is 423. The summed E-state index contributed by atoms with van der Waals surface area (Å²) >= 11 is 5.64. The van der Waals surface area contributed by atoms with Gasteiger partial charge in [0.1, 0.15) is 5.82 Å². The third kappa shape index (κ3) is 3.83. The van der Waals surface area contributed by atoms with Crippen LogP contribution in [0.4, 0.5) is 4.39 Å². The molecule has 2 N–H and O–H groups in total. The van der Waals surface area contributed by atoms with Gasteiger partial charge in [-0.1, -0.05) is 11.6 Å². The minimum atomic E-state index is -0.509. The van der Waals surface area contributed by atoms with Crippen LogP contribution < -0.4 is 10.6 Å². The van der Waals surface area contributed by atoms with Crippen molar-refractivity contribution in [3.05, 3.63) is 34.6 Å². The van der Waals surface area contributed by atoms with E-state index in [2.05, 4.69) is 10.6 Å². The van der Waals surface area contributed by atoms with Crippen molar-refractivity contribution in [3.8, 4) is 0 Å². The average molecular weight is 293 g/mol. The Balaban J connectivity index is 0.00000162. The van der Waals surface area contributed by atoms with Crippen LogP contribution in [-0.2, 0) is 0 Å². The molecule has 1 heterocycles.